The lowest BCUT2D eigenvalue weighted by atomic mass is 10.3. The van der Waals surface area contributed by atoms with Gasteiger partial charge in [0.1, 0.15) is 16.5 Å². The van der Waals surface area contributed by atoms with E-state index in [0.29, 0.717) is 11.4 Å². The molecule has 1 aromatic heterocycles. The molecule has 2 aromatic rings. The lowest BCUT2D eigenvalue weighted by Gasteiger charge is -2.10. The number of H-pyrrole nitrogens is 1. The molecule has 2 N–H and O–H groups in total. The van der Waals surface area contributed by atoms with Crippen LogP contribution in [0, 0.1) is 0 Å². The number of ether oxygens (including phenoxy) is 1. The van der Waals surface area contributed by atoms with Crippen LogP contribution in [0.2, 0.25) is 5.02 Å². The van der Waals surface area contributed by atoms with E-state index in [1.807, 2.05) is 0 Å². The van der Waals surface area contributed by atoms with E-state index in [1.54, 1.807) is 12.4 Å². The van der Waals surface area contributed by atoms with Crippen molar-refractivity contribution >= 4 is 21.6 Å². The molecular formula is C12H14ClN3O3S. The van der Waals surface area contributed by atoms with Crippen LogP contribution in [0.4, 0.5) is 0 Å². The van der Waals surface area contributed by atoms with E-state index in [2.05, 4.69) is 14.7 Å². The molecule has 0 saturated carbocycles. The minimum Gasteiger partial charge on any atom is -0.495 e. The molecule has 0 atom stereocenters. The lowest BCUT2D eigenvalue weighted by molar-refractivity contribution is 0.402. The molecule has 8 heteroatoms. The molecule has 0 saturated heterocycles. The van der Waals surface area contributed by atoms with Gasteiger partial charge in [-0.3, -0.25) is 0 Å². The summed E-state index contributed by atoms with van der Waals surface area (Å²) in [5.74, 6) is 0.929. The number of sulfonamides is 1. The van der Waals surface area contributed by atoms with Crippen molar-refractivity contribution in [3.05, 3.63) is 41.4 Å². The van der Waals surface area contributed by atoms with Gasteiger partial charge in [-0.2, -0.15) is 0 Å². The first-order valence-electron chi connectivity index (χ1n) is 5.84. The number of aromatic nitrogens is 2. The summed E-state index contributed by atoms with van der Waals surface area (Å²) in [4.78, 5) is 6.99. The third kappa shape index (κ3) is 3.50. The van der Waals surface area contributed by atoms with Crippen LogP contribution in [0.25, 0.3) is 0 Å². The second-order valence-corrected chi connectivity index (χ2v) is 6.15. The molecule has 0 aliphatic carbocycles. The fraction of sp³-hybridized carbons (Fsp3) is 0.250. The quantitative estimate of drug-likeness (QED) is 0.848. The number of imidazole rings is 1. The largest absolute Gasteiger partial charge is 0.495 e. The summed E-state index contributed by atoms with van der Waals surface area (Å²) in [7, 11) is -2.25. The van der Waals surface area contributed by atoms with Gasteiger partial charge in [0, 0.05) is 36.4 Å². The lowest BCUT2D eigenvalue weighted by Crippen LogP contribution is -2.26. The fourth-order valence-corrected chi connectivity index (χ4v) is 3.02. The zero-order valence-corrected chi connectivity index (χ0v) is 12.3. The van der Waals surface area contributed by atoms with Gasteiger partial charge in [0.05, 0.1) is 7.11 Å². The Kier molecular flexibility index (Phi) is 4.64. The summed E-state index contributed by atoms with van der Waals surface area (Å²) >= 11 is 5.81. The van der Waals surface area contributed by atoms with Crippen LogP contribution in [-0.2, 0) is 16.4 Å². The van der Waals surface area contributed by atoms with E-state index in [0.717, 1.165) is 5.82 Å². The third-order valence-electron chi connectivity index (χ3n) is 2.62. The molecule has 1 aromatic carbocycles. The van der Waals surface area contributed by atoms with Crippen molar-refractivity contribution in [1.82, 2.24) is 14.7 Å². The van der Waals surface area contributed by atoms with Gasteiger partial charge in [-0.05, 0) is 12.1 Å². The summed E-state index contributed by atoms with van der Waals surface area (Å²) in [6, 6.07) is 4.38. The van der Waals surface area contributed by atoms with Crippen LogP contribution in [0.1, 0.15) is 5.82 Å². The minimum atomic E-state index is -3.65. The molecular weight excluding hydrogens is 302 g/mol. The van der Waals surface area contributed by atoms with Crippen LogP contribution in [0.3, 0.4) is 0 Å². The maximum absolute atomic E-state index is 12.2. The fourth-order valence-electron chi connectivity index (χ4n) is 1.68. The number of hydrogen-bond donors (Lipinski definition) is 2. The van der Waals surface area contributed by atoms with Gasteiger partial charge in [-0.25, -0.2) is 18.1 Å². The van der Waals surface area contributed by atoms with E-state index >= 15 is 0 Å². The van der Waals surface area contributed by atoms with Gasteiger partial charge in [-0.15, -0.1) is 0 Å². The van der Waals surface area contributed by atoms with E-state index in [9.17, 15) is 8.42 Å². The number of aromatic amines is 1. The van der Waals surface area contributed by atoms with Gasteiger partial charge in [0.2, 0.25) is 10.0 Å². The Hall–Kier alpha value is -1.57. The van der Waals surface area contributed by atoms with E-state index in [1.165, 1.54) is 25.3 Å². The SMILES string of the molecule is COc1cc(Cl)ccc1S(=O)(=O)NCCc1ncc[nH]1. The molecule has 6 nitrogen and oxygen atoms in total. The van der Waals surface area contributed by atoms with Crippen molar-refractivity contribution in [2.24, 2.45) is 0 Å². The van der Waals surface area contributed by atoms with Crippen molar-refractivity contribution in [3.63, 3.8) is 0 Å². The Bertz CT molecular complexity index is 671. The first-order valence-corrected chi connectivity index (χ1v) is 7.70. The summed E-state index contributed by atoms with van der Waals surface area (Å²) in [5.41, 5.74) is 0. The van der Waals surface area contributed by atoms with Gasteiger partial charge >= 0.3 is 0 Å². The van der Waals surface area contributed by atoms with Crippen molar-refractivity contribution in [2.75, 3.05) is 13.7 Å². The molecule has 1 heterocycles. The Balaban J connectivity index is 2.10. The predicted octanol–water partition coefficient (Wildman–Crippen LogP) is 1.59. The number of rotatable bonds is 6. The summed E-state index contributed by atoms with van der Waals surface area (Å²) in [6.07, 6.45) is 3.78. The standard InChI is InChI=1S/C12H14ClN3O3S/c1-19-10-8-9(13)2-3-11(10)20(17,18)16-5-4-12-14-6-7-15-12/h2-3,6-8,16H,4-5H2,1H3,(H,14,15). The van der Waals surface area contributed by atoms with Gasteiger partial charge in [0.15, 0.2) is 0 Å². The molecule has 0 amide bonds. The Morgan fingerprint density at radius 2 is 2.25 bits per heavy atom. The molecule has 0 spiro atoms. The molecule has 0 aliphatic heterocycles. The predicted molar refractivity (Wildman–Crippen MR) is 75.5 cm³/mol. The van der Waals surface area contributed by atoms with Crippen LogP contribution in [-0.4, -0.2) is 32.0 Å². The molecule has 0 bridgehead atoms. The topological polar surface area (TPSA) is 84.1 Å². The summed E-state index contributed by atoms with van der Waals surface area (Å²) in [6.45, 7) is 0.238. The molecule has 108 valence electrons. The number of benzene rings is 1. The molecule has 20 heavy (non-hydrogen) atoms. The zero-order chi connectivity index (χ0) is 14.6. The zero-order valence-electron chi connectivity index (χ0n) is 10.8. The van der Waals surface area contributed by atoms with Crippen molar-refractivity contribution in [3.8, 4) is 5.75 Å². The van der Waals surface area contributed by atoms with Gasteiger partial charge in [-0.1, -0.05) is 11.6 Å². The highest BCUT2D eigenvalue weighted by Crippen LogP contribution is 2.26. The molecule has 0 aliphatic rings. The van der Waals surface area contributed by atoms with E-state index in [-0.39, 0.29) is 17.2 Å². The highest BCUT2D eigenvalue weighted by molar-refractivity contribution is 7.89. The monoisotopic (exact) mass is 315 g/mol. The number of methoxy groups -OCH3 is 1. The molecule has 0 radical (unpaired) electrons. The third-order valence-corrected chi connectivity index (χ3v) is 4.36. The molecule has 0 unspecified atom stereocenters. The van der Waals surface area contributed by atoms with Crippen molar-refractivity contribution < 1.29 is 13.2 Å². The second-order valence-electron chi connectivity index (χ2n) is 3.98. The number of nitrogens with zero attached hydrogens (tertiary/aromatic N) is 1. The summed E-state index contributed by atoms with van der Waals surface area (Å²) < 4.78 is 31.9. The first kappa shape index (κ1) is 14.8. The Morgan fingerprint density at radius 3 is 2.90 bits per heavy atom. The van der Waals surface area contributed by atoms with Gasteiger partial charge < -0.3 is 9.72 Å². The van der Waals surface area contributed by atoms with E-state index in [4.69, 9.17) is 16.3 Å². The highest BCUT2D eigenvalue weighted by Gasteiger charge is 2.19. The maximum atomic E-state index is 12.2. The molecule has 0 fully saturated rings. The number of halogens is 1. The van der Waals surface area contributed by atoms with Gasteiger partial charge in [0.25, 0.3) is 0 Å². The number of hydrogen-bond acceptors (Lipinski definition) is 4. The normalized spacial score (nSPS) is 11.5. The Labute approximate surface area is 122 Å². The van der Waals surface area contributed by atoms with Crippen LogP contribution in [0.15, 0.2) is 35.5 Å². The van der Waals surface area contributed by atoms with E-state index < -0.39 is 10.0 Å². The maximum Gasteiger partial charge on any atom is 0.244 e. The van der Waals surface area contributed by atoms with Crippen molar-refractivity contribution in [2.45, 2.75) is 11.3 Å². The van der Waals surface area contributed by atoms with Crippen LogP contribution in [0.5, 0.6) is 5.75 Å². The smallest absolute Gasteiger partial charge is 0.244 e. The second kappa shape index (κ2) is 6.25. The Morgan fingerprint density at radius 1 is 1.45 bits per heavy atom. The first-order chi connectivity index (χ1) is 9.53. The average molecular weight is 316 g/mol. The minimum absolute atomic E-state index is 0.0591. The molecule has 2 rings (SSSR count). The average Bonchev–Trinajstić information content (AvgIpc) is 2.91. The van der Waals surface area contributed by atoms with Crippen LogP contribution >= 0.6 is 11.6 Å². The highest BCUT2D eigenvalue weighted by atomic mass is 35.5. The van der Waals surface area contributed by atoms with Crippen molar-refractivity contribution in [1.29, 1.82) is 0 Å². The van der Waals surface area contributed by atoms with Crippen LogP contribution < -0.4 is 9.46 Å². The summed E-state index contributed by atoms with van der Waals surface area (Å²) in [5, 5.41) is 0.413. The number of nitrogens with one attached hydrogen (secondary N) is 2.